The molecule has 1 aliphatic rings. The summed E-state index contributed by atoms with van der Waals surface area (Å²) in [4.78, 5) is 4.25. The number of hydrogen-bond acceptors (Lipinski definition) is 1. The van der Waals surface area contributed by atoms with Gasteiger partial charge >= 0.3 is 0 Å². The van der Waals surface area contributed by atoms with Gasteiger partial charge in [-0.3, -0.25) is 4.99 Å². The highest BCUT2D eigenvalue weighted by molar-refractivity contribution is 7.73. The lowest BCUT2D eigenvalue weighted by molar-refractivity contribution is 0.965. The Morgan fingerprint density at radius 2 is 1.52 bits per heavy atom. The van der Waals surface area contributed by atoms with Crippen LogP contribution in [0.3, 0.4) is 0 Å². The number of benzene rings is 2. The Morgan fingerprint density at radius 3 is 2.04 bits per heavy atom. The minimum Gasteiger partial charge on any atom is -0.300 e. The molecule has 0 heterocycles. The van der Waals surface area contributed by atoms with Gasteiger partial charge in [0.05, 0.1) is 0 Å². The third kappa shape index (κ3) is 3.51. The van der Waals surface area contributed by atoms with Crippen molar-refractivity contribution < 1.29 is 0 Å². The summed E-state index contributed by atoms with van der Waals surface area (Å²) in [5.74, 6) is 0.340. The van der Waals surface area contributed by atoms with E-state index in [0.29, 0.717) is 11.6 Å². The van der Waals surface area contributed by atoms with Crippen LogP contribution >= 0.6 is 7.92 Å². The molecule has 2 aromatic rings. The molecule has 1 nitrogen and oxygen atoms in total. The standard InChI is InChI=1S/C21H22NP/c1-17(21-15-9-10-18(21)16-22-2)23(19-11-5-3-6-12-19)20-13-7-4-8-14-20/h3-18H,1-2H3/t17-,18?/m1/s1. The molecule has 0 aromatic heterocycles. The van der Waals surface area contributed by atoms with Crippen molar-refractivity contribution in [3.05, 3.63) is 84.5 Å². The van der Waals surface area contributed by atoms with Gasteiger partial charge in [-0.2, -0.15) is 0 Å². The van der Waals surface area contributed by atoms with Crippen LogP contribution in [-0.4, -0.2) is 18.9 Å². The van der Waals surface area contributed by atoms with Gasteiger partial charge in [0.15, 0.2) is 0 Å². The molecule has 2 heteroatoms. The van der Waals surface area contributed by atoms with Gasteiger partial charge in [-0.1, -0.05) is 91.4 Å². The van der Waals surface area contributed by atoms with Crippen molar-refractivity contribution in [1.29, 1.82) is 0 Å². The Morgan fingerprint density at radius 1 is 0.957 bits per heavy atom. The second-order valence-electron chi connectivity index (χ2n) is 5.70. The van der Waals surface area contributed by atoms with Crippen molar-refractivity contribution in [2.24, 2.45) is 10.9 Å². The van der Waals surface area contributed by atoms with E-state index in [0.717, 1.165) is 0 Å². The van der Waals surface area contributed by atoms with Crippen LogP contribution < -0.4 is 10.6 Å². The third-order valence-electron chi connectivity index (χ3n) is 4.24. The molecule has 116 valence electrons. The highest BCUT2D eigenvalue weighted by atomic mass is 31.1. The van der Waals surface area contributed by atoms with Crippen molar-refractivity contribution in [2.75, 3.05) is 7.05 Å². The molecule has 2 atom stereocenters. The predicted octanol–water partition coefficient (Wildman–Crippen LogP) is 4.32. The summed E-state index contributed by atoms with van der Waals surface area (Å²) in [6, 6.07) is 21.8. The first-order chi connectivity index (χ1) is 11.3. The summed E-state index contributed by atoms with van der Waals surface area (Å²) in [5, 5.41) is 2.86. The molecule has 0 fully saturated rings. The molecular weight excluding hydrogens is 297 g/mol. The fourth-order valence-corrected chi connectivity index (χ4v) is 5.88. The van der Waals surface area contributed by atoms with E-state index in [1.807, 2.05) is 7.05 Å². The maximum atomic E-state index is 4.25. The van der Waals surface area contributed by atoms with Gasteiger partial charge in [-0.05, 0) is 18.5 Å². The highest BCUT2D eigenvalue weighted by Crippen LogP contribution is 2.45. The van der Waals surface area contributed by atoms with Crippen LogP contribution in [-0.2, 0) is 0 Å². The second-order valence-corrected chi connectivity index (χ2v) is 8.25. The van der Waals surface area contributed by atoms with Gasteiger partial charge in [-0.15, -0.1) is 0 Å². The zero-order valence-corrected chi connectivity index (χ0v) is 14.5. The topological polar surface area (TPSA) is 12.4 Å². The van der Waals surface area contributed by atoms with E-state index in [1.165, 1.54) is 16.2 Å². The number of rotatable bonds is 5. The van der Waals surface area contributed by atoms with E-state index in [4.69, 9.17) is 0 Å². The van der Waals surface area contributed by atoms with Crippen LogP contribution in [0, 0.1) is 5.92 Å². The first-order valence-corrected chi connectivity index (χ1v) is 9.42. The van der Waals surface area contributed by atoms with Crippen LogP contribution in [0.4, 0.5) is 0 Å². The highest BCUT2D eigenvalue weighted by Gasteiger charge is 2.27. The Labute approximate surface area is 140 Å². The van der Waals surface area contributed by atoms with Crippen LogP contribution in [0.25, 0.3) is 0 Å². The van der Waals surface area contributed by atoms with E-state index >= 15 is 0 Å². The monoisotopic (exact) mass is 319 g/mol. The summed E-state index contributed by atoms with van der Waals surface area (Å²) in [6.07, 6.45) is 8.73. The zero-order chi connectivity index (χ0) is 16.1. The molecular formula is C21H22NP. The molecule has 0 N–H and O–H groups in total. The SMILES string of the molecule is CN=CC1C=CC=C1[C@@H](C)P(c1ccccc1)c1ccccc1. The molecule has 0 amide bonds. The van der Waals surface area contributed by atoms with Gasteiger partial charge in [0, 0.05) is 24.8 Å². The normalized spacial score (nSPS) is 18.6. The van der Waals surface area contributed by atoms with Crippen molar-refractivity contribution in [3.8, 4) is 0 Å². The molecule has 0 radical (unpaired) electrons. The van der Waals surface area contributed by atoms with Gasteiger partial charge in [0.1, 0.15) is 0 Å². The lowest BCUT2D eigenvalue weighted by Crippen LogP contribution is -2.23. The van der Waals surface area contributed by atoms with Gasteiger partial charge in [0.2, 0.25) is 0 Å². The van der Waals surface area contributed by atoms with Crippen LogP contribution in [0.2, 0.25) is 0 Å². The van der Waals surface area contributed by atoms with E-state index in [1.54, 1.807) is 0 Å². The van der Waals surface area contributed by atoms with Crippen molar-refractivity contribution in [2.45, 2.75) is 12.6 Å². The molecule has 0 bridgehead atoms. The Balaban J connectivity index is 1.99. The van der Waals surface area contributed by atoms with E-state index in [2.05, 4.69) is 97.0 Å². The quantitative estimate of drug-likeness (QED) is 0.575. The molecule has 0 saturated carbocycles. The van der Waals surface area contributed by atoms with Crippen molar-refractivity contribution in [3.63, 3.8) is 0 Å². The summed E-state index contributed by atoms with van der Waals surface area (Å²) in [5.41, 5.74) is 1.95. The molecule has 23 heavy (non-hydrogen) atoms. The Kier molecular flexibility index (Phi) is 5.20. The molecule has 2 aromatic carbocycles. The maximum Gasteiger partial charge on any atom is 0.0340 e. The molecule has 0 spiro atoms. The Hall–Kier alpha value is -1.98. The average molecular weight is 319 g/mol. The molecule has 3 rings (SSSR count). The first kappa shape index (κ1) is 15.9. The second kappa shape index (κ2) is 7.53. The summed E-state index contributed by atoms with van der Waals surface area (Å²) < 4.78 is 0. The minimum absolute atomic E-state index is 0.340. The fraction of sp³-hybridized carbons (Fsp3) is 0.190. The number of allylic oxidation sites excluding steroid dienone is 4. The van der Waals surface area contributed by atoms with Gasteiger partial charge in [0.25, 0.3) is 0 Å². The van der Waals surface area contributed by atoms with E-state index in [-0.39, 0.29) is 0 Å². The van der Waals surface area contributed by atoms with Gasteiger partial charge < -0.3 is 0 Å². The molecule has 0 saturated heterocycles. The van der Waals surface area contributed by atoms with Crippen LogP contribution in [0.5, 0.6) is 0 Å². The maximum absolute atomic E-state index is 4.25. The summed E-state index contributed by atoms with van der Waals surface area (Å²) in [7, 11) is 1.42. The van der Waals surface area contributed by atoms with Crippen LogP contribution in [0.1, 0.15) is 6.92 Å². The minimum atomic E-state index is -0.430. The van der Waals surface area contributed by atoms with E-state index < -0.39 is 7.92 Å². The Bertz CT molecular complexity index is 677. The van der Waals surface area contributed by atoms with Gasteiger partial charge in [-0.25, -0.2) is 0 Å². The summed E-state index contributed by atoms with van der Waals surface area (Å²) >= 11 is 0. The van der Waals surface area contributed by atoms with E-state index in [9.17, 15) is 0 Å². The third-order valence-corrected chi connectivity index (χ3v) is 7.02. The predicted molar refractivity (Wildman–Crippen MR) is 104 cm³/mol. The lowest BCUT2D eigenvalue weighted by atomic mass is 10.0. The van der Waals surface area contributed by atoms with Crippen molar-refractivity contribution >= 4 is 24.7 Å². The lowest BCUT2D eigenvalue weighted by Gasteiger charge is -2.28. The molecule has 1 unspecified atom stereocenters. The fourth-order valence-electron chi connectivity index (χ4n) is 3.15. The number of nitrogens with zero attached hydrogens (tertiary/aromatic N) is 1. The zero-order valence-electron chi connectivity index (χ0n) is 13.6. The summed E-state index contributed by atoms with van der Waals surface area (Å²) in [6.45, 7) is 2.36. The first-order valence-electron chi connectivity index (χ1n) is 8.01. The smallest absolute Gasteiger partial charge is 0.0340 e. The number of hydrogen-bond donors (Lipinski definition) is 0. The molecule has 1 aliphatic carbocycles. The molecule has 0 aliphatic heterocycles. The van der Waals surface area contributed by atoms with Crippen LogP contribution in [0.15, 0.2) is 89.5 Å². The van der Waals surface area contributed by atoms with Crippen molar-refractivity contribution in [1.82, 2.24) is 0 Å². The largest absolute Gasteiger partial charge is 0.300 e. The number of aliphatic imine (C=N–C) groups is 1. The average Bonchev–Trinajstić information content (AvgIpc) is 3.06.